The summed E-state index contributed by atoms with van der Waals surface area (Å²) >= 11 is 0. The number of benzene rings is 1. The normalized spacial score (nSPS) is 16.2. The Hall–Kier alpha value is -1.41. The summed E-state index contributed by atoms with van der Waals surface area (Å²) in [5, 5.41) is 2.28. The molecule has 1 aromatic carbocycles. The maximum atomic E-state index is 13.4. The Kier molecular flexibility index (Phi) is 5.35. The van der Waals surface area contributed by atoms with E-state index in [2.05, 4.69) is 10.2 Å². The van der Waals surface area contributed by atoms with Gasteiger partial charge in [0.15, 0.2) is 23.3 Å². The van der Waals surface area contributed by atoms with Gasteiger partial charge < -0.3 is 10.1 Å². The first-order valence-electron chi connectivity index (χ1n) is 6.57. The van der Waals surface area contributed by atoms with Crippen molar-refractivity contribution in [3.8, 4) is 0 Å². The zero-order valence-electron chi connectivity index (χ0n) is 11.2. The fraction of sp³-hybridized carbons (Fsp3) is 0.538. The van der Waals surface area contributed by atoms with Crippen molar-refractivity contribution in [2.24, 2.45) is 0 Å². The first-order chi connectivity index (χ1) is 10.0. The standard InChI is InChI=1S/C13H15F5N2O/c14-8-9(15)11(17)13(12(18)10(8)16)19-2-1-3-20-4-6-21-7-5-20/h19H,1-7H2. The number of morpholine rings is 1. The van der Waals surface area contributed by atoms with Gasteiger partial charge in [0.25, 0.3) is 0 Å². The predicted molar refractivity (Wildman–Crippen MR) is 66.6 cm³/mol. The molecule has 0 bridgehead atoms. The number of ether oxygens (including phenoxy) is 1. The first kappa shape index (κ1) is 16.0. The van der Waals surface area contributed by atoms with E-state index in [1.54, 1.807) is 0 Å². The van der Waals surface area contributed by atoms with E-state index < -0.39 is 34.8 Å². The molecule has 0 saturated carbocycles. The molecule has 1 aromatic rings. The van der Waals surface area contributed by atoms with E-state index in [0.29, 0.717) is 26.2 Å². The van der Waals surface area contributed by atoms with Crippen LogP contribution in [0.1, 0.15) is 6.42 Å². The lowest BCUT2D eigenvalue weighted by Gasteiger charge is -2.26. The number of hydrogen-bond donors (Lipinski definition) is 1. The van der Waals surface area contributed by atoms with Gasteiger partial charge >= 0.3 is 0 Å². The highest BCUT2D eigenvalue weighted by Crippen LogP contribution is 2.26. The lowest BCUT2D eigenvalue weighted by atomic mass is 10.2. The Morgan fingerprint density at radius 3 is 1.95 bits per heavy atom. The Bertz CT molecular complexity index is 477. The van der Waals surface area contributed by atoms with Crippen LogP contribution in [0.3, 0.4) is 0 Å². The summed E-state index contributed by atoms with van der Waals surface area (Å²) in [7, 11) is 0. The van der Waals surface area contributed by atoms with Crippen molar-refractivity contribution in [3.63, 3.8) is 0 Å². The van der Waals surface area contributed by atoms with Crippen LogP contribution in [0, 0.1) is 29.1 Å². The fourth-order valence-corrected chi connectivity index (χ4v) is 2.10. The molecule has 21 heavy (non-hydrogen) atoms. The average Bonchev–Trinajstić information content (AvgIpc) is 2.51. The molecular formula is C13H15F5N2O. The minimum absolute atomic E-state index is 0.107. The summed E-state index contributed by atoms with van der Waals surface area (Å²) < 4.78 is 70.7. The van der Waals surface area contributed by atoms with Crippen LogP contribution in [0.25, 0.3) is 0 Å². The molecule has 1 fully saturated rings. The highest BCUT2D eigenvalue weighted by molar-refractivity contribution is 5.47. The van der Waals surface area contributed by atoms with Gasteiger partial charge in [-0.3, -0.25) is 4.90 Å². The second-order valence-electron chi connectivity index (χ2n) is 4.68. The molecule has 2 rings (SSSR count). The molecule has 0 aromatic heterocycles. The van der Waals surface area contributed by atoms with Crippen LogP contribution in [-0.4, -0.2) is 44.3 Å². The van der Waals surface area contributed by atoms with E-state index in [-0.39, 0.29) is 6.54 Å². The van der Waals surface area contributed by atoms with E-state index in [0.717, 1.165) is 13.1 Å². The fourth-order valence-electron chi connectivity index (χ4n) is 2.10. The number of anilines is 1. The van der Waals surface area contributed by atoms with Crippen molar-refractivity contribution >= 4 is 5.69 Å². The van der Waals surface area contributed by atoms with Crippen LogP contribution in [-0.2, 0) is 4.74 Å². The van der Waals surface area contributed by atoms with Gasteiger partial charge in [-0.1, -0.05) is 0 Å². The maximum absolute atomic E-state index is 13.4. The molecule has 3 nitrogen and oxygen atoms in total. The smallest absolute Gasteiger partial charge is 0.200 e. The van der Waals surface area contributed by atoms with Gasteiger partial charge in [0.1, 0.15) is 5.69 Å². The summed E-state index contributed by atoms with van der Waals surface area (Å²) in [5.74, 6) is -9.70. The summed E-state index contributed by atoms with van der Waals surface area (Å²) in [5.41, 5.74) is -0.978. The lowest BCUT2D eigenvalue weighted by molar-refractivity contribution is 0.0378. The van der Waals surface area contributed by atoms with Crippen molar-refractivity contribution in [1.82, 2.24) is 4.90 Å². The summed E-state index contributed by atoms with van der Waals surface area (Å²) in [6.07, 6.45) is 0.513. The molecule has 0 radical (unpaired) electrons. The van der Waals surface area contributed by atoms with Crippen LogP contribution < -0.4 is 5.32 Å². The zero-order chi connectivity index (χ0) is 15.4. The van der Waals surface area contributed by atoms with E-state index in [9.17, 15) is 22.0 Å². The topological polar surface area (TPSA) is 24.5 Å². The van der Waals surface area contributed by atoms with Crippen LogP contribution in [0.15, 0.2) is 0 Å². The van der Waals surface area contributed by atoms with Gasteiger partial charge in [-0.25, -0.2) is 22.0 Å². The highest BCUT2D eigenvalue weighted by Gasteiger charge is 2.25. The van der Waals surface area contributed by atoms with Crippen molar-refractivity contribution in [2.75, 3.05) is 44.7 Å². The van der Waals surface area contributed by atoms with Crippen molar-refractivity contribution in [1.29, 1.82) is 0 Å². The Labute approximate surface area is 118 Å². The molecular weight excluding hydrogens is 295 g/mol. The van der Waals surface area contributed by atoms with Gasteiger partial charge in [0, 0.05) is 19.6 Å². The number of hydrogen-bond acceptors (Lipinski definition) is 3. The molecule has 0 amide bonds. The van der Waals surface area contributed by atoms with Crippen LogP contribution in [0.5, 0.6) is 0 Å². The maximum Gasteiger partial charge on any atom is 0.200 e. The molecule has 1 heterocycles. The summed E-state index contributed by atoms with van der Waals surface area (Å²) in [6, 6.07) is 0. The van der Waals surface area contributed by atoms with E-state index in [1.807, 2.05) is 0 Å². The van der Waals surface area contributed by atoms with Crippen LogP contribution in [0.4, 0.5) is 27.6 Å². The molecule has 0 spiro atoms. The van der Waals surface area contributed by atoms with E-state index in [1.165, 1.54) is 0 Å². The third-order valence-corrected chi connectivity index (χ3v) is 3.27. The van der Waals surface area contributed by atoms with E-state index >= 15 is 0 Å². The van der Waals surface area contributed by atoms with Gasteiger partial charge in [-0.05, 0) is 13.0 Å². The van der Waals surface area contributed by atoms with Gasteiger partial charge in [0.2, 0.25) is 5.82 Å². The molecule has 1 saturated heterocycles. The third kappa shape index (κ3) is 3.62. The van der Waals surface area contributed by atoms with Crippen molar-refractivity contribution < 1.29 is 26.7 Å². The molecule has 1 aliphatic heterocycles. The number of rotatable bonds is 5. The third-order valence-electron chi connectivity index (χ3n) is 3.27. The van der Waals surface area contributed by atoms with Gasteiger partial charge in [-0.15, -0.1) is 0 Å². The van der Waals surface area contributed by atoms with Crippen LogP contribution in [0.2, 0.25) is 0 Å². The molecule has 118 valence electrons. The molecule has 0 unspecified atom stereocenters. The molecule has 1 aliphatic rings. The monoisotopic (exact) mass is 310 g/mol. The van der Waals surface area contributed by atoms with Gasteiger partial charge in [0.05, 0.1) is 13.2 Å². The second-order valence-corrected chi connectivity index (χ2v) is 4.68. The quantitative estimate of drug-likeness (QED) is 0.391. The molecule has 0 atom stereocenters. The molecule has 8 heteroatoms. The van der Waals surface area contributed by atoms with E-state index in [4.69, 9.17) is 4.74 Å². The number of nitrogens with one attached hydrogen (secondary N) is 1. The Morgan fingerprint density at radius 1 is 0.857 bits per heavy atom. The Balaban J connectivity index is 1.91. The minimum Gasteiger partial charge on any atom is -0.380 e. The van der Waals surface area contributed by atoms with Crippen molar-refractivity contribution in [3.05, 3.63) is 29.1 Å². The van der Waals surface area contributed by atoms with Crippen LogP contribution >= 0.6 is 0 Å². The average molecular weight is 310 g/mol. The molecule has 1 N–H and O–H groups in total. The largest absolute Gasteiger partial charge is 0.380 e. The summed E-state index contributed by atoms with van der Waals surface area (Å²) in [6.45, 7) is 3.56. The zero-order valence-corrected chi connectivity index (χ0v) is 11.2. The lowest BCUT2D eigenvalue weighted by Crippen LogP contribution is -2.37. The highest BCUT2D eigenvalue weighted by atomic mass is 19.2. The first-order valence-corrected chi connectivity index (χ1v) is 6.57. The summed E-state index contributed by atoms with van der Waals surface area (Å²) in [4.78, 5) is 2.10. The number of nitrogens with zero attached hydrogens (tertiary/aromatic N) is 1. The molecule has 0 aliphatic carbocycles. The van der Waals surface area contributed by atoms with Gasteiger partial charge in [-0.2, -0.15) is 0 Å². The number of halogens is 5. The second kappa shape index (κ2) is 7.04. The van der Waals surface area contributed by atoms with Crippen molar-refractivity contribution in [2.45, 2.75) is 6.42 Å². The predicted octanol–water partition coefficient (Wildman–Crippen LogP) is 2.52. The Morgan fingerprint density at radius 2 is 1.38 bits per heavy atom. The minimum atomic E-state index is -2.15. The SMILES string of the molecule is Fc1c(F)c(F)c(NCCCN2CCOCC2)c(F)c1F.